The average molecular weight is 1510 g/mol. The van der Waals surface area contributed by atoms with Crippen molar-refractivity contribution in [2.45, 2.75) is 158 Å². The highest BCUT2D eigenvalue weighted by Crippen LogP contribution is 2.62. The number of likely N-dealkylation sites (N-methyl/N-ethyl adjacent to an activating group) is 2. The maximum absolute atomic E-state index is 15.0. The summed E-state index contributed by atoms with van der Waals surface area (Å²) in [6.45, 7) is 6.36. The summed E-state index contributed by atoms with van der Waals surface area (Å²) in [5, 5.41) is 39.7. The number of aromatic hydroxyl groups is 1. The van der Waals surface area contributed by atoms with Crippen LogP contribution in [-0.4, -0.2) is 180 Å². The van der Waals surface area contributed by atoms with Crippen molar-refractivity contribution in [3.63, 3.8) is 0 Å². The molecule has 2 unspecified atom stereocenters. The van der Waals surface area contributed by atoms with Crippen molar-refractivity contribution in [1.29, 1.82) is 10.5 Å². The van der Waals surface area contributed by atoms with Gasteiger partial charge in [-0.1, -0.05) is 72.8 Å². The Labute approximate surface area is 619 Å². The SMILES string of the molecule is COCOc1c(OC)c(C)cc2c1[C@@H]1C3Cc4c(O)c(C)c5c(c4[C@H](CNC(=O)CCc4ccccc4)N3[C@@H](C#N)[C@H](C2)N1C)OCO5.COCOc1c(OC)c(C)cc2c1[C@@H]1C3Cc4c(OC(=O)C(F)(F)C(F)(F)C(F)(F)F)c(C)c5c(c4[C@H](CNC(=O)CCc4ccccc4)N3[C@@H](C#N)[C@H](C2)N1C)OCO5. The number of benzene rings is 6. The van der Waals surface area contributed by atoms with Gasteiger partial charge in [-0.05, 0) is 114 Å². The molecule has 2 amide bonds. The lowest BCUT2D eigenvalue weighted by molar-refractivity contribution is -0.346. The molecule has 8 aliphatic rings. The van der Waals surface area contributed by atoms with Gasteiger partial charge in [-0.25, -0.2) is 4.79 Å². The molecule has 8 heterocycles. The van der Waals surface area contributed by atoms with Crippen LogP contribution in [0.4, 0.5) is 30.7 Å². The summed E-state index contributed by atoms with van der Waals surface area (Å²) < 4.78 is 161. The molecule has 2 fully saturated rings. The molecule has 8 aliphatic heterocycles. The number of hydrogen-bond donors (Lipinski definition) is 3. The number of nitrogens with one attached hydrogen (secondary N) is 2. The normalized spacial score (nSPS) is 22.9. The summed E-state index contributed by atoms with van der Waals surface area (Å²) in [6, 6.07) is 22.6. The van der Waals surface area contributed by atoms with Crippen molar-refractivity contribution >= 4 is 17.8 Å². The number of carbonyl (C=O) groups is 3. The lowest BCUT2D eigenvalue weighted by atomic mass is 9.71. The van der Waals surface area contributed by atoms with E-state index in [4.69, 9.17) is 52.1 Å². The smallest absolute Gasteiger partial charge is 0.460 e. The van der Waals surface area contributed by atoms with E-state index < -0.39 is 84.7 Å². The molecule has 574 valence electrons. The molecule has 0 radical (unpaired) electrons. The van der Waals surface area contributed by atoms with Crippen LogP contribution in [0, 0.1) is 50.4 Å². The Hall–Kier alpha value is -9.82. The Kier molecular flexibility index (Phi) is 21.4. The van der Waals surface area contributed by atoms with Gasteiger partial charge < -0.3 is 67.8 Å². The fourth-order valence-corrected chi connectivity index (χ4v) is 17.6. The second-order valence-electron chi connectivity index (χ2n) is 28.2. The molecule has 4 bridgehead atoms. The van der Waals surface area contributed by atoms with Crippen molar-refractivity contribution < 1.29 is 102 Å². The number of phenolic OH excluding ortho intramolecular Hbond substituents is 1. The van der Waals surface area contributed by atoms with Crippen molar-refractivity contribution in [1.82, 2.24) is 30.2 Å². The third kappa shape index (κ3) is 13.1. The van der Waals surface area contributed by atoms with Crippen molar-refractivity contribution in [3.05, 3.63) is 151 Å². The zero-order valence-electron chi connectivity index (χ0n) is 61.1. The number of nitrogens with zero attached hydrogens (tertiary/aromatic N) is 6. The molecule has 6 aromatic carbocycles. The Balaban J connectivity index is 0.000000195. The van der Waals surface area contributed by atoms with E-state index in [2.05, 4.69) is 45.7 Å². The van der Waals surface area contributed by atoms with Gasteiger partial charge in [0, 0.05) is 109 Å². The predicted molar refractivity (Wildman–Crippen MR) is 373 cm³/mol. The summed E-state index contributed by atoms with van der Waals surface area (Å²) in [7, 11) is 9.96. The van der Waals surface area contributed by atoms with E-state index in [0.717, 1.165) is 50.1 Å². The van der Waals surface area contributed by atoms with Crippen LogP contribution in [-0.2, 0) is 62.4 Å². The molecule has 3 N–H and O–H groups in total. The number of halogens is 7. The fourth-order valence-electron chi connectivity index (χ4n) is 17.6. The molecule has 0 spiro atoms. The second kappa shape index (κ2) is 30.3. The third-order valence-corrected chi connectivity index (χ3v) is 22.3. The first-order valence-corrected chi connectivity index (χ1v) is 35.3. The number of rotatable bonds is 21. The van der Waals surface area contributed by atoms with Gasteiger partial charge in [-0.2, -0.15) is 41.3 Å². The number of fused-ring (bicyclic) bond motifs is 18. The van der Waals surface area contributed by atoms with Gasteiger partial charge in [0.2, 0.25) is 25.4 Å². The standard InChI is InChI=1S/C41H41F7N4O8.C37H42N4O7/c1-20-13-23-14-25-27(16-49)52-26(32(51(25)3)30(23)36(33(20)56-5)57-18-55-4)15-24-31(28(52)17-50-29(53)12-11-22-9-7-6-8-10-22)37-35(58-19-59-37)21(2)34(24)60-38(54)39(42,43)40(44,45)41(46,47)48;1-20-13-23-14-25-27(16-38)41-26(32(40(25)3)30(23)36(34(20)45-5)46-18-44-4)15-24-31(37-35(47-19-48-37)21(2)33(24)43)28(41)17-39-29(42)12-11-22-9-7-6-8-10-22/h6-10,13,25-28,32H,11-12,14-15,17-19H2,1-5H3,(H,50,53);6-10,13,25-28,32,43H,11-12,14-15,17-19H2,1-5H3,(H,39,42)/t2*25-,26?,27-,28-,32-/m00/s1. The highest BCUT2D eigenvalue weighted by molar-refractivity contribution is 5.83. The van der Waals surface area contributed by atoms with Gasteiger partial charge in [0.25, 0.3) is 0 Å². The molecule has 10 atom stereocenters. The average Bonchev–Trinajstić information content (AvgIpc) is 1.02. The van der Waals surface area contributed by atoms with E-state index in [1.807, 2.05) is 97.3 Å². The number of esters is 1. The van der Waals surface area contributed by atoms with Crippen LogP contribution in [0.3, 0.4) is 0 Å². The predicted octanol–water partition coefficient (Wildman–Crippen LogP) is 10.5. The zero-order valence-corrected chi connectivity index (χ0v) is 61.1. The highest BCUT2D eigenvalue weighted by atomic mass is 19.4. The lowest BCUT2D eigenvalue weighted by Crippen LogP contribution is -2.68. The van der Waals surface area contributed by atoms with Crippen molar-refractivity contribution in [2.75, 3.05) is 82.8 Å². The Morgan fingerprint density at radius 3 is 1.39 bits per heavy atom. The van der Waals surface area contributed by atoms with Crippen LogP contribution in [0.1, 0.15) is 115 Å². The molecule has 6 aromatic rings. The van der Waals surface area contributed by atoms with Crippen LogP contribution >= 0.6 is 0 Å². The van der Waals surface area contributed by atoms with Gasteiger partial charge in [-0.15, -0.1) is 0 Å². The van der Waals surface area contributed by atoms with Crippen LogP contribution in [0.5, 0.6) is 57.5 Å². The number of methoxy groups -OCH3 is 4. The van der Waals surface area contributed by atoms with E-state index in [0.29, 0.717) is 84.1 Å². The molecular formula is C78H83F7N8O15. The number of hydrogen-bond acceptors (Lipinski definition) is 21. The van der Waals surface area contributed by atoms with Crippen LogP contribution in [0.15, 0.2) is 72.8 Å². The molecule has 0 aromatic heterocycles. The molecule has 0 aliphatic carbocycles. The van der Waals surface area contributed by atoms with Crippen molar-refractivity contribution in [2.24, 2.45) is 0 Å². The Morgan fingerprint density at radius 1 is 0.556 bits per heavy atom. The zero-order chi connectivity index (χ0) is 77.2. The van der Waals surface area contributed by atoms with Crippen LogP contribution < -0.4 is 53.3 Å². The minimum Gasteiger partial charge on any atom is -0.507 e. The van der Waals surface area contributed by atoms with E-state index >= 15 is 0 Å². The third-order valence-electron chi connectivity index (χ3n) is 22.3. The summed E-state index contributed by atoms with van der Waals surface area (Å²) in [5.41, 5.74) is 9.16. The van der Waals surface area contributed by atoms with Gasteiger partial charge in [0.05, 0.1) is 50.5 Å². The van der Waals surface area contributed by atoms with Crippen LogP contribution in [0.2, 0.25) is 0 Å². The summed E-state index contributed by atoms with van der Waals surface area (Å²) in [5.74, 6) is -14.4. The quantitative estimate of drug-likeness (QED) is 0.0262. The molecule has 30 heteroatoms. The number of amides is 2. The van der Waals surface area contributed by atoms with Gasteiger partial charge in [0.1, 0.15) is 23.6 Å². The summed E-state index contributed by atoms with van der Waals surface area (Å²) in [6.07, 6.45) is -4.29. The molecule has 0 saturated carbocycles. The largest absolute Gasteiger partial charge is 0.507 e. The van der Waals surface area contributed by atoms with Gasteiger partial charge >= 0.3 is 24.0 Å². The number of ether oxygens (including phenoxy) is 11. The first kappa shape index (κ1) is 76.4. The Bertz CT molecular complexity index is 4560. The monoisotopic (exact) mass is 1500 g/mol. The number of alkyl halides is 7. The molecule has 14 rings (SSSR count). The summed E-state index contributed by atoms with van der Waals surface area (Å²) in [4.78, 5) is 48.2. The summed E-state index contributed by atoms with van der Waals surface area (Å²) >= 11 is 0. The van der Waals surface area contributed by atoms with E-state index in [1.165, 1.54) is 21.1 Å². The molecule has 108 heavy (non-hydrogen) atoms. The van der Waals surface area contributed by atoms with E-state index in [1.54, 1.807) is 21.3 Å². The van der Waals surface area contributed by atoms with Gasteiger partial charge in [0.15, 0.2) is 59.6 Å². The Morgan fingerprint density at radius 2 is 0.972 bits per heavy atom. The number of piperazine rings is 2. The number of aryl methyl sites for hydroxylation is 4. The maximum Gasteiger partial charge on any atom is 0.460 e. The van der Waals surface area contributed by atoms with Gasteiger partial charge in [-0.3, -0.25) is 29.2 Å². The molecule has 2 saturated heterocycles. The van der Waals surface area contributed by atoms with E-state index in [9.17, 15) is 60.7 Å². The number of nitriles is 2. The minimum absolute atomic E-state index is 0.0357. The second-order valence-corrected chi connectivity index (χ2v) is 28.2. The topological polar surface area (TPSA) is 258 Å². The minimum atomic E-state index is -6.81. The van der Waals surface area contributed by atoms with Crippen molar-refractivity contribution in [3.8, 4) is 69.6 Å². The first-order valence-electron chi connectivity index (χ1n) is 35.3. The fraction of sp³-hybridized carbons (Fsp3) is 0.474. The first-order chi connectivity index (χ1) is 51.7. The number of phenols is 1. The van der Waals surface area contributed by atoms with Crippen LogP contribution in [0.25, 0.3) is 0 Å². The highest BCUT2D eigenvalue weighted by Gasteiger charge is 2.77. The number of carbonyl (C=O) groups excluding carboxylic acids is 3. The maximum atomic E-state index is 15.0. The lowest BCUT2D eigenvalue weighted by Gasteiger charge is -2.60. The molecular weight excluding hydrogens is 1420 g/mol. The molecule has 23 nitrogen and oxygen atoms in total. The van der Waals surface area contributed by atoms with E-state index in [-0.39, 0.29) is 104 Å².